The van der Waals surface area contributed by atoms with Crippen molar-refractivity contribution in [3.05, 3.63) is 23.3 Å². The Morgan fingerprint density at radius 3 is 2.40 bits per heavy atom. The third-order valence-electron chi connectivity index (χ3n) is 4.77. The monoisotopic (exact) mass is 350 g/mol. The van der Waals surface area contributed by atoms with Gasteiger partial charge >= 0.3 is 17.9 Å². The van der Waals surface area contributed by atoms with Gasteiger partial charge in [-0.3, -0.25) is 14.4 Å². The van der Waals surface area contributed by atoms with Crippen LogP contribution in [0.4, 0.5) is 0 Å². The van der Waals surface area contributed by atoms with Gasteiger partial charge in [0.1, 0.15) is 18.3 Å². The Morgan fingerprint density at radius 1 is 1.16 bits per heavy atom. The number of carbonyl (C=O) groups is 3. The van der Waals surface area contributed by atoms with Gasteiger partial charge in [-0.1, -0.05) is 18.6 Å². The number of rotatable bonds is 2. The lowest BCUT2D eigenvalue weighted by molar-refractivity contribution is -0.150. The fourth-order valence-corrected chi connectivity index (χ4v) is 3.51. The number of hydrogen-bond donors (Lipinski definition) is 0. The standard InChI is InChI=1S/C19H26O6/c1-10-6-7-15(23-13(4)20)11(2)9-17-18(12(3)19(22)25-17)16(8-10)24-14(5)21/h6,9,12,15-18H,7-8H2,1-5H3/b10-6-,11-9+/t12-,15+,16+,17-,18+/m1/s1. The van der Waals surface area contributed by atoms with Crippen LogP contribution in [0.25, 0.3) is 0 Å². The highest BCUT2D eigenvalue weighted by molar-refractivity contribution is 5.75. The predicted molar refractivity (Wildman–Crippen MR) is 90.4 cm³/mol. The summed E-state index contributed by atoms with van der Waals surface area (Å²) in [5.74, 6) is -1.68. The van der Waals surface area contributed by atoms with E-state index in [0.29, 0.717) is 12.8 Å². The van der Waals surface area contributed by atoms with E-state index in [2.05, 4.69) is 0 Å². The number of carbonyl (C=O) groups excluding carboxylic acids is 3. The van der Waals surface area contributed by atoms with Gasteiger partial charge < -0.3 is 14.2 Å². The van der Waals surface area contributed by atoms with E-state index in [1.165, 1.54) is 13.8 Å². The Morgan fingerprint density at radius 2 is 1.80 bits per heavy atom. The van der Waals surface area contributed by atoms with Crippen LogP contribution in [0.2, 0.25) is 0 Å². The average Bonchev–Trinajstić information content (AvgIpc) is 2.75. The van der Waals surface area contributed by atoms with Crippen molar-refractivity contribution in [2.24, 2.45) is 11.8 Å². The maximum Gasteiger partial charge on any atom is 0.309 e. The highest BCUT2D eigenvalue weighted by atomic mass is 16.6. The summed E-state index contributed by atoms with van der Waals surface area (Å²) < 4.78 is 16.4. The molecule has 138 valence electrons. The maximum absolute atomic E-state index is 12.1. The second-order valence-electron chi connectivity index (χ2n) is 6.91. The summed E-state index contributed by atoms with van der Waals surface area (Å²) in [4.78, 5) is 35.1. The van der Waals surface area contributed by atoms with Gasteiger partial charge in [0.15, 0.2) is 0 Å². The van der Waals surface area contributed by atoms with Crippen molar-refractivity contribution in [3.8, 4) is 0 Å². The minimum atomic E-state index is -0.504. The highest BCUT2D eigenvalue weighted by Crippen LogP contribution is 2.37. The van der Waals surface area contributed by atoms with Crippen molar-refractivity contribution in [2.75, 3.05) is 0 Å². The fourth-order valence-electron chi connectivity index (χ4n) is 3.51. The van der Waals surface area contributed by atoms with Gasteiger partial charge in [-0.2, -0.15) is 0 Å². The van der Waals surface area contributed by atoms with E-state index >= 15 is 0 Å². The molecule has 0 saturated carbocycles. The van der Waals surface area contributed by atoms with E-state index in [-0.39, 0.29) is 29.7 Å². The first-order chi connectivity index (χ1) is 11.7. The van der Waals surface area contributed by atoms with Gasteiger partial charge in [0.05, 0.1) is 11.8 Å². The Kier molecular flexibility index (Phi) is 6.03. The Hall–Kier alpha value is -2.11. The molecule has 0 radical (unpaired) electrons. The molecule has 0 aromatic carbocycles. The number of hydrogen-bond acceptors (Lipinski definition) is 6. The first kappa shape index (κ1) is 19.2. The summed E-state index contributed by atoms with van der Waals surface area (Å²) in [7, 11) is 0. The molecule has 1 heterocycles. The summed E-state index contributed by atoms with van der Waals surface area (Å²) in [5.41, 5.74) is 1.84. The first-order valence-electron chi connectivity index (χ1n) is 8.58. The van der Waals surface area contributed by atoms with Gasteiger partial charge in [0, 0.05) is 26.7 Å². The predicted octanol–water partition coefficient (Wildman–Crippen LogP) is 2.71. The van der Waals surface area contributed by atoms with Crippen LogP contribution in [0.3, 0.4) is 0 Å². The lowest BCUT2D eigenvalue weighted by atomic mass is 9.82. The van der Waals surface area contributed by atoms with Crippen LogP contribution in [0.5, 0.6) is 0 Å². The molecule has 0 bridgehead atoms. The van der Waals surface area contributed by atoms with Crippen molar-refractivity contribution in [3.63, 3.8) is 0 Å². The zero-order valence-corrected chi connectivity index (χ0v) is 15.4. The molecule has 2 rings (SSSR count). The smallest absolute Gasteiger partial charge is 0.309 e. The van der Waals surface area contributed by atoms with Crippen molar-refractivity contribution in [1.82, 2.24) is 0 Å². The van der Waals surface area contributed by atoms with E-state index in [4.69, 9.17) is 14.2 Å². The maximum atomic E-state index is 12.1. The SMILES string of the molecule is CC(=O)O[C@H]1C/C=C(/C)C[C@H](OC(C)=O)[C@H]2[C@@H](/C=C/1C)OC(=O)[C@@H]2C. The molecule has 2 aliphatic rings. The van der Waals surface area contributed by atoms with Crippen LogP contribution >= 0.6 is 0 Å². The van der Waals surface area contributed by atoms with Crippen LogP contribution in [0, 0.1) is 11.8 Å². The Bertz CT molecular complexity index is 617. The molecule has 0 aromatic heterocycles. The van der Waals surface area contributed by atoms with E-state index in [0.717, 1.165) is 11.1 Å². The van der Waals surface area contributed by atoms with Gasteiger partial charge in [-0.25, -0.2) is 0 Å². The van der Waals surface area contributed by atoms with E-state index in [1.54, 1.807) is 6.92 Å². The van der Waals surface area contributed by atoms with E-state index in [1.807, 2.05) is 26.0 Å². The number of fused-ring (bicyclic) bond motifs is 1. The Balaban J connectivity index is 2.41. The van der Waals surface area contributed by atoms with Crippen LogP contribution < -0.4 is 0 Å². The third kappa shape index (κ3) is 4.71. The summed E-state index contributed by atoms with van der Waals surface area (Å²) in [6.45, 7) is 8.33. The molecule has 0 spiro atoms. The summed E-state index contributed by atoms with van der Waals surface area (Å²) in [6.07, 6.45) is 3.52. The molecule has 6 nitrogen and oxygen atoms in total. The van der Waals surface area contributed by atoms with Crippen LogP contribution in [0.15, 0.2) is 23.3 Å². The quantitative estimate of drug-likeness (QED) is 0.433. The number of ether oxygens (including phenoxy) is 3. The van der Waals surface area contributed by atoms with Crippen molar-refractivity contribution >= 4 is 17.9 Å². The van der Waals surface area contributed by atoms with Gasteiger partial charge in [-0.05, 0) is 25.5 Å². The minimum absolute atomic E-state index is 0.272. The number of esters is 3. The van der Waals surface area contributed by atoms with Crippen LogP contribution in [-0.2, 0) is 28.6 Å². The molecule has 1 fully saturated rings. The molecule has 6 heteroatoms. The summed E-state index contributed by atoms with van der Waals surface area (Å²) in [6, 6.07) is 0. The Labute approximate surface area is 148 Å². The van der Waals surface area contributed by atoms with Gasteiger partial charge in [0.2, 0.25) is 0 Å². The molecule has 1 aliphatic heterocycles. The first-order valence-corrected chi connectivity index (χ1v) is 8.58. The van der Waals surface area contributed by atoms with E-state index < -0.39 is 18.3 Å². The molecule has 5 atom stereocenters. The summed E-state index contributed by atoms with van der Waals surface area (Å²) >= 11 is 0. The van der Waals surface area contributed by atoms with Crippen molar-refractivity contribution in [1.29, 1.82) is 0 Å². The van der Waals surface area contributed by atoms with Crippen molar-refractivity contribution < 1.29 is 28.6 Å². The fraction of sp³-hybridized carbons (Fsp3) is 0.632. The normalized spacial score (nSPS) is 36.8. The molecule has 1 saturated heterocycles. The lowest BCUT2D eigenvalue weighted by Crippen LogP contribution is -2.35. The lowest BCUT2D eigenvalue weighted by Gasteiger charge is -2.29. The molecule has 0 N–H and O–H groups in total. The molecule has 0 unspecified atom stereocenters. The average molecular weight is 350 g/mol. The highest BCUT2D eigenvalue weighted by Gasteiger charge is 2.47. The molecule has 0 amide bonds. The minimum Gasteiger partial charge on any atom is -0.462 e. The summed E-state index contributed by atoms with van der Waals surface area (Å²) in [5, 5.41) is 0. The van der Waals surface area contributed by atoms with Gasteiger partial charge in [-0.15, -0.1) is 0 Å². The van der Waals surface area contributed by atoms with Crippen LogP contribution in [-0.4, -0.2) is 36.2 Å². The molecular weight excluding hydrogens is 324 g/mol. The second kappa shape index (κ2) is 7.85. The third-order valence-corrected chi connectivity index (χ3v) is 4.77. The van der Waals surface area contributed by atoms with Crippen molar-refractivity contribution in [2.45, 2.75) is 65.8 Å². The zero-order valence-electron chi connectivity index (χ0n) is 15.4. The van der Waals surface area contributed by atoms with Crippen LogP contribution in [0.1, 0.15) is 47.5 Å². The van der Waals surface area contributed by atoms with Gasteiger partial charge in [0.25, 0.3) is 0 Å². The molecule has 1 aliphatic carbocycles. The zero-order chi connectivity index (χ0) is 18.7. The topological polar surface area (TPSA) is 78.9 Å². The molecular formula is C19H26O6. The largest absolute Gasteiger partial charge is 0.462 e. The second-order valence-corrected chi connectivity index (χ2v) is 6.91. The van der Waals surface area contributed by atoms with E-state index in [9.17, 15) is 14.4 Å². The molecule has 0 aromatic rings. The molecule has 25 heavy (non-hydrogen) atoms.